The molecule has 1 aliphatic heterocycles. The quantitative estimate of drug-likeness (QED) is 0.149. The second-order valence-electron chi connectivity index (χ2n) is 10.5. The minimum Gasteiger partial charge on any atom is -0.489 e. The van der Waals surface area contributed by atoms with Gasteiger partial charge in [-0.05, 0) is 102 Å². The summed E-state index contributed by atoms with van der Waals surface area (Å²) in [5.74, 6) is 7.48. The van der Waals surface area contributed by atoms with Crippen LogP contribution in [0, 0.1) is 6.92 Å². The highest BCUT2D eigenvalue weighted by atomic mass is 32.2. The molecule has 4 rings (SSSR count). The standard InChI is InChI=1S/C28H40N8O3S/c1-16(2)39-23-15-20(19-10-12-31-13-11-19)18(5)14-22(23)33-28-34-26(25(29)27(35-28)36-30)32-21-8-6-7-9-24(21)40(37,38)17(3)4/h6-9,14-17,19,31H,10-13,29-30H2,1-5H3,(H3,32,33,34,35,36). The van der Waals surface area contributed by atoms with Gasteiger partial charge in [0.1, 0.15) is 11.4 Å². The number of ether oxygens (including phenoxy) is 1. The number of rotatable bonds is 10. The summed E-state index contributed by atoms with van der Waals surface area (Å²) in [7, 11) is -3.57. The fraction of sp³-hybridized carbons (Fsp3) is 0.429. The molecule has 1 aliphatic rings. The first kappa shape index (κ1) is 29.4. The zero-order valence-corrected chi connectivity index (χ0v) is 24.5. The highest BCUT2D eigenvalue weighted by Crippen LogP contribution is 2.38. The molecule has 0 saturated carbocycles. The number of benzene rings is 2. The van der Waals surface area contributed by atoms with Crippen LogP contribution in [0.15, 0.2) is 41.3 Å². The fourth-order valence-corrected chi connectivity index (χ4v) is 5.98. The van der Waals surface area contributed by atoms with Crippen LogP contribution in [0.25, 0.3) is 0 Å². The van der Waals surface area contributed by atoms with Crippen molar-refractivity contribution in [2.45, 2.75) is 69.6 Å². The number of nitrogens with one attached hydrogen (secondary N) is 4. The maximum absolute atomic E-state index is 13.0. The third-order valence-corrected chi connectivity index (χ3v) is 9.12. The number of hydrogen-bond donors (Lipinski definition) is 6. The second-order valence-corrected chi connectivity index (χ2v) is 13.0. The lowest BCUT2D eigenvalue weighted by atomic mass is 9.87. The smallest absolute Gasteiger partial charge is 0.231 e. The Hall–Kier alpha value is -3.61. The molecule has 2 heterocycles. The van der Waals surface area contributed by atoms with Gasteiger partial charge in [-0.1, -0.05) is 12.1 Å². The SMILES string of the molecule is Cc1cc(Nc2nc(NN)c(N)c(Nc3ccccc3S(=O)(=O)C(C)C)n2)c(OC(C)C)cc1C1CCNCC1. The molecule has 0 amide bonds. The largest absolute Gasteiger partial charge is 0.489 e. The molecule has 0 aliphatic carbocycles. The number of para-hydroxylation sites is 1. The molecule has 1 fully saturated rings. The number of nitrogens with zero attached hydrogens (tertiary/aromatic N) is 2. The van der Waals surface area contributed by atoms with Crippen LogP contribution in [0.1, 0.15) is 57.6 Å². The Labute approximate surface area is 236 Å². The molecule has 0 atom stereocenters. The van der Waals surface area contributed by atoms with Crippen LogP contribution in [0.5, 0.6) is 5.75 Å². The van der Waals surface area contributed by atoms with Gasteiger partial charge in [0.2, 0.25) is 5.95 Å². The molecule has 8 N–H and O–H groups in total. The van der Waals surface area contributed by atoms with Crippen LogP contribution >= 0.6 is 0 Å². The first-order valence-corrected chi connectivity index (χ1v) is 15.1. The van der Waals surface area contributed by atoms with Crippen LogP contribution < -0.4 is 37.7 Å². The molecule has 0 unspecified atom stereocenters. The lowest BCUT2D eigenvalue weighted by Crippen LogP contribution is -2.27. The average Bonchev–Trinajstić information content (AvgIpc) is 2.92. The zero-order chi connectivity index (χ0) is 29.0. The Morgan fingerprint density at radius 2 is 1.68 bits per heavy atom. The maximum atomic E-state index is 13.0. The van der Waals surface area contributed by atoms with Gasteiger partial charge >= 0.3 is 0 Å². The highest BCUT2D eigenvalue weighted by molar-refractivity contribution is 7.92. The Morgan fingerprint density at radius 1 is 1.00 bits per heavy atom. The summed E-state index contributed by atoms with van der Waals surface area (Å²) in [6.07, 6.45) is 2.10. The number of nitrogens with two attached hydrogens (primary N) is 2. The van der Waals surface area contributed by atoms with Crippen molar-refractivity contribution >= 4 is 44.5 Å². The first-order valence-electron chi connectivity index (χ1n) is 13.5. The lowest BCUT2D eigenvalue weighted by molar-refractivity contribution is 0.243. The molecular weight excluding hydrogens is 528 g/mol. The summed E-state index contributed by atoms with van der Waals surface area (Å²) in [4.78, 5) is 9.18. The molecule has 216 valence electrons. The lowest BCUT2D eigenvalue weighted by Gasteiger charge is -2.26. The van der Waals surface area contributed by atoms with E-state index in [-0.39, 0.29) is 34.3 Å². The number of aryl methyl sites for hydroxylation is 1. The minimum atomic E-state index is -3.57. The summed E-state index contributed by atoms with van der Waals surface area (Å²) >= 11 is 0. The highest BCUT2D eigenvalue weighted by Gasteiger charge is 2.24. The molecule has 3 aromatic rings. The predicted molar refractivity (Wildman–Crippen MR) is 161 cm³/mol. The first-order chi connectivity index (χ1) is 19.0. The van der Waals surface area contributed by atoms with Gasteiger partial charge in [-0.2, -0.15) is 9.97 Å². The minimum absolute atomic E-state index is 0.0469. The number of hydrazine groups is 1. The summed E-state index contributed by atoms with van der Waals surface area (Å²) < 4.78 is 32.2. The molecule has 1 aromatic heterocycles. The molecule has 2 aromatic carbocycles. The Bertz CT molecular complexity index is 1450. The van der Waals surface area contributed by atoms with Crippen molar-refractivity contribution < 1.29 is 13.2 Å². The van der Waals surface area contributed by atoms with Crippen molar-refractivity contribution in [2.24, 2.45) is 5.84 Å². The van der Waals surface area contributed by atoms with Crippen LogP contribution in [-0.4, -0.2) is 42.8 Å². The second kappa shape index (κ2) is 12.3. The van der Waals surface area contributed by atoms with Crippen molar-refractivity contribution in [1.29, 1.82) is 0 Å². The van der Waals surface area contributed by atoms with Gasteiger partial charge in [-0.15, -0.1) is 0 Å². The van der Waals surface area contributed by atoms with Crippen molar-refractivity contribution in [2.75, 3.05) is 34.9 Å². The number of piperidine rings is 1. The molecule has 0 radical (unpaired) electrons. The van der Waals surface area contributed by atoms with Crippen molar-refractivity contribution in [1.82, 2.24) is 15.3 Å². The number of aromatic nitrogens is 2. The van der Waals surface area contributed by atoms with E-state index in [1.807, 2.05) is 19.9 Å². The Kier molecular flexibility index (Phi) is 9.02. The number of hydrogen-bond acceptors (Lipinski definition) is 11. The average molecular weight is 569 g/mol. The van der Waals surface area contributed by atoms with E-state index in [0.717, 1.165) is 31.5 Å². The van der Waals surface area contributed by atoms with Gasteiger partial charge in [0.25, 0.3) is 0 Å². The predicted octanol–water partition coefficient (Wildman–Crippen LogP) is 4.58. The normalized spacial score (nSPS) is 14.4. The topological polar surface area (TPSA) is 169 Å². The van der Waals surface area contributed by atoms with Crippen LogP contribution in [0.3, 0.4) is 0 Å². The van der Waals surface area contributed by atoms with E-state index in [2.05, 4.69) is 44.3 Å². The third-order valence-electron chi connectivity index (χ3n) is 6.91. The van der Waals surface area contributed by atoms with Crippen LogP contribution in [0.4, 0.5) is 34.6 Å². The Balaban J connectivity index is 1.73. The Morgan fingerprint density at radius 3 is 2.33 bits per heavy atom. The van der Waals surface area contributed by atoms with Gasteiger partial charge in [0, 0.05) is 0 Å². The van der Waals surface area contributed by atoms with Crippen molar-refractivity contribution in [3.63, 3.8) is 0 Å². The van der Waals surface area contributed by atoms with Gasteiger partial charge in [0.05, 0.1) is 27.6 Å². The zero-order valence-electron chi connectivity index (χ0n) is 23.7. The van der Waals surface area contributed by atoms with Crippen molar-refractivity contribution in [3.8, 4) is 5.75 Å². The molecule has 40 heavy (non-hydrogen) atoms. The van der Waals surface area contributed by atoms with E-state index in [1.165, 1.54) is 5.56 Å². The van der Waals surface area contributed by atoms with E-state index in [9.17, 15) is 8.42 Å². The fourth-order valence-electron chi connectivity index (χ4n) is 4.78. The molecule has 0 bridgehead atoms. The number of nitrogen functional groups attached to an aromatic ring is 2. The summed E-state index contributed by atoms with van der Waals surface area (Å²) in [6.45, 7) is 11.3. The van der Waals surface area contributed by atoms with Gasteiger partial charge in [-0.25, -0.2) is 14.3 Å². The van der Waals surface area contributed by atoms with Gasteiger partial charge < -0.3 is 31.8 Å². The van der Waals surface area contributed by atoms with Gasteiger partial charge in [-0.3, -0.25) is 0 Å². The summed E-state index contributed by atoms with van der Waals surface area (Å²) in [6, 6.07) is 10.8. The van der Waals surface area contributed by atoms with Crippen LogP contribution in [0.2, 0.25) is 0 Å². The molecule has 0 spiro atoms. The van der Waals surface area contributed by atoms with E-state index in [0.29, 0.717) is 23.0 Å². The van der Waals surface area contributed by atoms with Crippen molar-refractivity contribution in [3.05, 3.63) is 47.5 Å². The number of anilines is 6. The number of sulfone groups is 1. The molecule has 11 nitrogen and oxygen atoms in total. The van der Waals surface area contributed by atoms with Gasteiger partial charge in [0.15, 0.2) is 21.5 Å². The van der Waals surface area contributed by atoms with E-state index in [1.54, 1.807) is 38.1 Å². The van der Waals surface area contributed by atoms with E-state index < -0.39 is 15.1 Å². The van der Waals surface area contributed by atoms with E-state index in [4.69, 9.17) is 16.3 Å². The third kappa shape index (κ3) is 6.40. The molecular formula is C28H40N8O3S. The summed E-state index contributed by atoms with van der Waals surface area (Å²) in [5.41, 5.74) is 12.4. The summed E-state index contributed by atoms with van der Waals surface area (Å²) in [5, 5.41) is 9.18. The van der Waals surface area contributed by atoms with E-state index >= 15 is 0 Å². The maximum Gasteiger partial charge on any atom is 0.231 e. The van der Waals surface area contributed by atoms with Crippen LogP contribution in [-0.2, 0) is 9.84 Å². The monoisotopic (exact) mass is 568 g/mol. The molecule has 12 heteroatoms. The molecule has 1 saturated heterocycles.